The van der Waals surface area contributed by atoms with Gasteiger partial charge in [-0.15, -0.1) is 0 Å². The molecule has 0 spiro atoms. The SMILES string of the molecule is c1ccc(-c2ccc(-c3c4ccccc4c(-c4c5ccccc5cc5ccccc45)c4ccccc34)c3ccccc23)cc1. The lowest BCUT2D eigenvalue weighted by atomic mass is 9.82. The Kier molecular flexibility index (Phi) is 5.61. The molecule has 0 saturated heterocycles. The van der Waals surface area contributed by atoms with Gasteiger partial charge in [0.1, 0.15) is 0 Å². The normalized spacial score (nSPS) is 11.6. The van der Waals surface area contributed by atoms with E-state index in [1.807, 2.05) is 0 Å². The fourth-order valence-corrected chi connectivity index (χ4v) is 7.36. The van der Waals surface area contributed by atoms with E-state index in [0.29, 0.717) is 0 Å². The fraction of sp³-hybridized carbons (Fsp3) is 0. The number of benzene rings is 9. The largest absolute Gasteiger partial charge is 0.0622 e. The van der Waals surface area contributed by atoms with Crippen LogP contribution in [-0.2, 0) is 0 Å². The van der Waals surface area contributed by atoms with Gasteiger partial charge in [0.05, 0.1) is 0 Å². The van der Waals surface area contributed by atoms with Crippen LogP contribution in [0.5, 0.6) is 0 Å². The van der Waals surface area contributed by atoms with Crippen LogP contribution in [0.15, 0.2) is 170 Å². The van der Waals surface area contributed by atoms with Crippen LogP contribution in [-0.4, -0.2) is 0 Å². The Bertz CT molecular complexity index is 2430. The Hall–Kier alpha value is -5.72. The standard InChI is InChI=1S/C44H28/c1-2-14-29(15-3-1)32-26-27-41(36-21-9-8-20-35(32)36)42-37-22-10-12-24-39(37)44(40-25-13-11-23-38(40)42)43-33-18-6-4-16-30(33)28-31-17-5-7-19-34(31)43/h1-28H. The summed E-state index contributed by atoms with van der Waals surface area (Å²) >= 11 is 0. The summed E-state index contributed by atoms with van der Waals surface area (Å²) in [6, 6.07) is 62.3. The van der Waals surface area contributed by atoms with Gasteiger partial charge in [0.2, 0.25) is 0 Å². The van der Waals surface area contributed by atoms with Gasteiger partial charge in [-0.1, -0.05) is 164 Å². The molecule has 44 heavy (non-hydrogen) atoms. The Morgan fingerprint density at radius 1 is 0.227 bits per heavy atom. The van der Waals surface area contributed by atoms with Crippen LogP contribution in [0.3, 0.4) is 0 Å². The molecule has 0 amide bonds. The third-order valence-corrected chi connectivity index (χ3v) is 9.23. The Labute approximate surface area is 256 Å². The minimum absolute atomic E-state index is 1.24. The van der Waals surface area contributed by atoms with Crippen molar-refractivity contribution in [3.05, 3.63) is 170 Å². The van der Waals surface area contributed by atoms with Crippen LogP contribution in [0.2, 0.25) is 0 Å². The maximum absolute atomic E-state index is 2.34. The lowest BCUT2D eigenvalue weighted by Gasteiger charge is -2.21. The van der Waals surface area contributed by atoms with Gasteiger partial charge in [-0.25, -0.2) is 0 Å². The highest BCUT2D eigenvalue weighted by molar-refractivity contribution is 6.28. The van der Waals surface area contributed by atoms with Gasteiger partial charge in [-0.05, 0) is 93.3 Å². The Morgan fingerprint density at radius 3 is 1.14 bits per heavy atom. The molecule has 204 valence electrons. The highest BCUT2D eigenvalue weighted by Gasteiger charge is 2.21. The maximum Gasteiger partial charge on any atom is -0.00139 e. The van der Waals surface area contributed by atoms with E-state index in [4.69, 9.17) is 0 Å². The van der Waals surface area contributed by atoms with Crippen LogP contribution < -0.4 is 0 Å². The van der Waals surface area contributed by atoms with E-state index in [0.717, 1.165) is 0 Å². The van der Waals surface area contributed by atoms with E-state index in [2.05, 4.69) is 170 Å². The van der Waals surface area contributed by atoms with E-state index in [1.54, 1.807) is 0 Å². The summed E-state index contributed by atoms with van der Waals surface area (Å²) in [6.45, 7) is 0. The molecular formula is C44H28. The first-order valence-electron chi connectivity index (χ1n) is 15.3. The van der Waals surface area contributed by atoms with Crippen LogP contribution in [0.25, 0.3) is 87.2 Å². The molecule has 9 aromatic rings. The van der Waals surface area contributed by atoms with Crippen LogP contribution in [0.4, 0.5) is 0 Å². The van der Waals surface area contributed by atoms with Crippen molar-refractivity contribution in [3.8, 4) is 33.4 Å². The average molecular weight is 557 g/mol. The first-order chi connectivity index (χ1) is 21.9. The third kappa shape index (κ3) is 3.71. The van der Waals surface area contributed by atoms with Gasteiger partial charge in [0.25, 0.3) is 0 Å². The van der Waals surface area contributed by atoms with Gasteiger partial charge in [-0.3, -0.25) is 0 Å². The molecule has 9 rings (SSSR count). The molecule has 0 radical (unpaired) electrons. The zero-order valence-electron chi connectivity index (χ0n) is 24.2. The van der Waals surface area contributed by atoms with Gasteiger partial charge in [0.15, 0.2) is 0 Å². The summed E-state index contributed by atoms with van der Waals surface area (Å²) in [4.78, 5) is 0. The highest BCUT2D eigenvalue weighted by Crippen LogP contribution is 2.49. The maximum atomic E-state index is 2.34. The second-order valence-electron chi connectivity index (χ2n) is 11.6. The van der Waals surface area contributed by atoms with Crippen molar-refractivity contribution in [3.63, 3.8) is 0 Å². The van der Waals surface area contributed by atoms with Crippen molar-refractivity contribution in [1.29, 1.82) is 0 Å². The zero-order valence-corrected chi connectivity index (χ0v) is 24.2. The molecule has 0 aliphatic rings. The Morgan fingerprint density at radius 2 is 0.591 bits per heavy atom. The molecule has 0 atom stereocenters. The molecule has 0 aromatic heterocycles. The molecule has 0 heterocycles. The van der Waals surface area contributed by atoms with E-state index >= 15 is 0 Å². The average Bonchev–Trinajstić information content (AvgIpc) is 3.10. The van der Waals surface area contributed by atoms with Crippen molar-refractivity contribution >= 4 is 53.9 Å². The second kappa shape index (κ2) is 9.93. The Balaban J connectivity index is 1.45. The number of rotatable bonds is 3. The number of fused-ring (bicyclic) bond motifs is 5. The summed E-state index contributed by atoms with van der Waals surface area (Å²) in [7, 11) is 0. The summed E-state index contributed by atoms with van der Waals surface area (Å²) in [5, 5.41) is 12.7. The van der Waals surface area contributed by atoms with Crippen LogP contribution in [0.1, 0.15) is 0 Å². The van der Waals surface area contributed by atoms with Crippen molar-refractivity contribution in [2.45, 2.75) is 0 Å². The molecule has 0 heteroatoms. The van der Waals surface area contributed by atoms with Crippen molar-refractivity contribution in [2.75, 3.05) is 0 Å². The second-order valence-corrected chi connectivity index (χ2v) is 11.6. The molecule has 0 aliphatic carbocycles. The first kappa shape index (κ1) is 24.8. The molecule has 0 bridgehead atoms. The predicted molar refractivity (Wildman–Crippen MR) is 190 cm³/mol. The minimum atomic E-state index is 1.24. The molecule has 9 aromatic carbocycles. The zero-order chi connectivity index (χ0) is 29.0. The number of hydrogen-bond donors (Lipinski definition) is 0. The van der Waals surface area contributed by atoms with Crippen molar-refractivity contribution < 1.29 is 0 Å². The summed E-state index contributed by atoms with van der Waals surface area (Å²) in [5.74, 6) is 0. The van der Waals surface area contributed by atoms with E-state index < -0.39 is 0 Å². The molecule has 0 nitrogen and oxygen atoms in total. The van der Waals surface area contributed by atoms with Gasteiger partial charge < -0.3 is 0 Å². The third-order valence-electron chi connectivity index (χ3n) is 9.23. The van der Waals surface area contributed by atoms with Crippen molar-refractivity contribution in [2.24, 2.45) is 0 Å². The summed E-state index contributed by atoms with van der Waals surface area (Å²) in [6.07, 6.45) is 0. The van der Waals surface area contributed by atoms with Crippen molar-refractivity contribution in [1.82, 2.24) is 0 Å². The summed E-state index contributed by atoms with van der Waals surface area (Å²) in [5.41, 5.74) is 7.67. The molecule has 0 aliphatic heterocycles. The van der Waals surface area contributed by atoms with Gasteiger partial charge >= 0.3 is 0 Å². The fourth-order valence-electron chi connectivity index (χ4n) is 7.36. The molecule has 0 fully saturated rings. The topological polar surface area (TPSA) is 0 Å². The lowest BCUT2D eigenvalue weighted by Crippen LogP contribution is -1.94. The smallest absolute Gasteiger partial charge is 0.00139 e. The van der Waals surface area contributed by atoms with E-state index in [-0.39, 0.29) is 0 Å². The summed E-state index contributed by atoms with van der Waals surface area (Å²) < 4.78 is 0. The monoisotopic (exact) mass is 556 g/mol. The van der Waals surface area contributed by atoms with E-state index in [9.17, 15) is 0 Å². The molecule has 0 unspecified atom stereocenters. The minimum Gasteiger partial charge on any atom is -0.0622 e. The highest BCUT2D eigenvalue weighted by atomic mass is 14.2. The predicted octanol–water partition coefficient (Wildman–Crippen LogP) is 12.5. The molecular weight excluding hydrogens is 528 g/mol. The van der Waals surface area contributed by atoms with Crippen LogP contribution >= 0.6 is 0 Å². The molecule has 0 N–H and O–H groups in total. The number of hydrogen-bond acceptors (Lipinski definition) is 0. The van der Waals surface area contributed by atoms with Gasteiger partial charge in [0, 0.05) is 0 Å². The first-order valence-corrected chi connectivity index (χ1v) is 15.3. The lowest BCUT2D eigenvalue weighted by molar-refractivity contribution is 1.64. The van der Waals surface area contributed by atoms with Gasteiger partial charge in [-0.2, -0.15) is 0 Å². The van der Waals surface area contributed by atoms with Crippen LogP contribution in [0, 0.1) is 0 Å². The molecule has 0 saturated carbocycles. The quantitative estimate of drug-likeness (QED) is 0.190. The van der Waals surface area contributed by atoms with E-state index in [1.165, 1.54) is 87.2 Å².